The number of allylic oxidation sites excluding steroid dienone is 1. The number of hydrogen-bond acceptors (Lipinski definition) is 8. The van der Waals surface area contributed by atoms with Crippen LogP contribution in [0.3, 0.4) is 0 Å². The van der Waals surface area contributed by atoms with Gasteiger partial charge < -0.3 is 4.74 Å². The number of nitro groups is 1. The fourth-order valence-corrected chi connectivity index (χ4v) is 3.25. The minimum atomic E-state index is -1.21. The van der Waals surface area contributed by atoms with Gasteiger partial charge in [-0.2, -0.15) is 0 Å². The van der Waals surface area contributed by atoms with Gasteiger partial charge in [0, 0.05) is 10.6 Å². The van der Waals surface area contributed by atoms with Gasteiger partial charge in [0.05, 0.1) is 23.3 Å². The van der Waals surface area contributed by atoms with E-state index in [1.807, 2.05) is 0 Å². The molecule has 1 aromatic heterocycles. The van der Waals surface area contributed by atoms with Crippen LogP contribution in [0.1, 0.15) is 39.2 Å². The van der Waals surface area contributed by atoms with Gasteiger partial charge in [-0.3, -0.25) is 15.1 Å². The van der Waals surface area contributed by atoms with Crippen LogP contribution in [0, 0.1) is 10.1 Å². The Labute approximate surface area is 148 Å². The minimum absolute atomic E-state index is 0.154. The Kier molecular flexibility index (Phi) is 4.54. The van der Waals surface area contributed by atoms with Crippen molar-refractivity contribution in [3.8, 4) is 0 Å². The van der Waals surface area contributed by atoms with E-state index in [0.29, 0.717) is 28.0 Å². The van der Waals surface area contributed by atoms with Gasteiger partial charge in [-0.1, -0.05) is 12.1 Å². The molecule has 2 heterocycles. The van der Waals surface area contributed by atoms with Gasteiger partial charge in [0.25, 0.3) is 6.04 Å². The molecule has 0 bridgehead atoms. The first-order chi connectivity index (χ1) is 12.3. The minimum Gasteiger partial charge on any atom is -0.460 e. The predicted octanol–water partition coefficient (Wildman–Crippen LogP) is 2.65. The van der Waals surface area contributed by atoms with Crippen molar-refractivity contribution in [3.63, 3.8) is 0 Å². The lowest BCUT2D eigenvalue weighted by Crippen LogP contribution is -2.40. The highest BCUT2D eigenvalue weighted by molar-refractivity contribution is 5.99. The largest absolute Gasteiger partial charge is 0.460 e. The number of esters is 1. The summed E-state index contributed by atoms with van der Waals surface area (Å²) in [7, 11) is 0. The molecule has 0 N–H and O–H groups in total. The summed E-state index contributed by atoms with van der Waals surface area (Å²) in [5.41, 5.74) is 2.17. The highest BCUT2D eigenvalue weighted by Gasteiger charge is 2.46. The number of fused-ring (bicyclic) bond motifs is 1. The molecule has 136 valence electrons. The van der Waals surface area contributed by atoms with Crippen molar-refractivity contribution >= 4 is 22.7 Å². The van der Waals surface area contributed by atoms with E-state index in [1.165, 1.54) is 0 Å². The quantitative estimate of drug-likeness (QED) is 0.468. The first-order valence-corrected chi connectivity index (χ1v) is 8.12. The maximum Gasteiger partial charge on any atom is 0.337 e. The molecule has 2 atom stereocenters. The number of ether oxygens (including phenoxy) is 1. The molecule has 9 heteroatoms. The lowest BCUT2D eigenvalue weighted by Gasteiger charge is -2.28. The molecule has 9 nitrogen and oxygen atoms in total. The molecule has 2 aromatic rings. The monoisotopic (exact) mass is 358 g/mol. The van der Waals surface area contributed by atoms with Crippen LogP contribution in [0.25, 0.3) is 11.0 Å². The van der Waals surface area contributed by atoms with Gasteiger partial charge in [0.2, 0.25) is 0 Å². The fraction of sp³-hybridized carbons (Fsp3) is 0.412. The van der Waals surface area contributed by atoms with E-state index >= 15 is 0 Å². The summed E-state index contributed by atoms with van der Waals surface area (Å²) in [6.45, 7) is 6.65. The highest BCUT2D eigenvalue weighted by atomic mass is 16.6. The Morgan fingerprint density at radius 2 is 2.04 bits per heavy atom. The van der Waals surface area contributed by atoms with Crippen LogP contribution in [0.5, 0.6) is 0 Å². The number of carbonyl (C=O) groups is 1. The summed E-state index contributed by atoms with van der Waals surface area (Å²) in [6.07, 6.45) is -0.367. The molecule has 2 unspecified atom stereocenters. The third kappa shape index (κ3) is 2.96. The molecule has 0 saturated heterocycles. The van der Waals surface area contributed by atoms with Crippen molar-refractivity contribution < 1.29 is 19.1 Å². The standard InChI is InChI=1S/C17H18N4O5/c1-8(2)25-17(22)13-9(3)18-10(4)16(21(23)24)14(13)11-6-5-7-12-15(11)20-26-19-12/h5-8,14,16H,1-4H3. The van der Waals surface area contributed by atoms with Crippen LogP contribution in [0.2, 0.25) is 0 Å². The second-order valence-electron chi connectivity index (χ2n) is 6.39. The Bertz CT molecular complexity index is 944. The molecular weight excluding hydrogens is 340 g/mol. The maximum absolute atomic E-state index is 12.7. The van der Waals surface area contributed by atoms with Gasteiger partial charge in [-0.25, -0.2) is 9.42 Å². The summed E-state index contributed by atoms with van der Waals surface area (Å²) >= 11 is 0. The van der Waals surface area contributed by atoms with Crippen LogP contribution in [-0.2, 0) is 9.53 Å². The van der Waals surface area contributed by atoms with Crippen molar-refractivity contribution in [2.45, 2.75) is 45.8 Å². The van der Waals surface area contributed by atoms with E-state index in [1.54, 1.807) is 45.9 Å². The number of hydrogen-bond donors (Lipinski definition) is 0. The van der Waals surface area contributed by atoms with Crippen molar-refractivity contribution in [1.82, 2.24) is 10.3 Å². The molecular formula is C17H18N4O5. The van der Waals surface area contributed by atoms with Crippen LogP contribution < -0.4 is 0 Å². The Hall–Kier alpha value is -3.10. The normalized spacial score (nSPS) is 20.4. The number of benzene rings is 1. The third-order valence-corrected chi connectivity index (χ3v) is 4.23. The van der Waals surface area contributed by atoms with E-state index in [2.05, 4.69) is 15.3 Å². The summed E-state index contributed by atoms with van der Waals surface area (Å²) < 4.78 is 10.1. The van der Waals surface area contributed by atoms with Crippen LogP contribution in [0.15, 0.2) is 39.1 Å². The summed E-state index contributed by atoms with van der Waals surface area (Å²) in [6, 6.07) is 3.85. The average Bonchev–Trinajstić information content (AvgIpc) is 3.01. The summed E-state index contributed by atoms with van der Waals surface area (Å²) in [5, 5.41) is 19.5. The first-order valence-electron chi connectivity index (χ1n) is 8.12. The zero-order valence-electron chi connectivity index (χ0n) is 14.8. The van der Waals surface area contributed by atoms with Crippen molar-refractivity contribution in [3.05, 3.63) is 45.1 Å². The molecule has 0 radical (unpaired) electrons. The van der Waals surface area contributed by atoms with E-state index in [0.717, 1.165) is 0 Å². The molecule has 0 spiro atoms. The SMILES string of the molecule is CC1=NC(C)=C(C(=O)OC(C)C)C(c2cccc3nonc23)C1[N+](=O)[O-]. The molecule has 1 aliphatic rings. The zero-order chi connectivity index (χ0) is 19.0. The molecule has 26 heavy (non-hydrogen) atoms. The molecule has 0 amide bonds. The fourth-order valence-electron chi connectivity index (χ4n) is 3.25. The highest BCUT2D eigenvalue weighted by Crippen LogP contribution is 2.39. The number of aliphatic imine (C=N–C) groups is 1. The Balaban J connectivity index is 2.24. The number of aromatic nitrogens is 2. The van der Waals surface area contributed by atoms with Gasteiger partial charge in [-0.05, 0) is 49.6 Å². The van der Waals surface area contributed by atoms with Crippen molar-refractivity contribution in [2.75, 3.05) is 0 Å². The maximum atomic E-state index is 12.7. The number of nitrogens with zero attached hydrogens (tertiary/aromatic N) is 4. The van der Waals surface area contributed by atoms with Gasteiger partial charge in [0.1, 0.15) is 11.0 Å². The van der Waals surface area contributed by atoms with Crippen molar-refractivity contribution in [1.29, 1.82) is 0 Å². The first kappa shape index (κ1) is 17.7. The zero-order valence-corrected chi connectivity index (χ0v) is 14.8. The Morgan fingerprint density at radius 3 is 2.69 bits per heavy atom. The van der Waals surface area contributed by atoms with E-state index < -0.39 is 22.9 Å². The van der Waals surface area contributed by atoms with E-state index in [9.17, 15) is 14.9 Å². The van der Waals surface area contributed by atoms with Crippen LogP contribution in [0.4, 0.5) is 0 Å². The van der Waals surface area contributed by atoms with Crippen LogP contribution in [-0.4, -0.2) is 39.1 Å². The smallest absolute Gasteiger partial charge is 0.337 e. The summed E-state index contributed by atoms with van der Waals surface area (Å²) in [5.74, 6) is -1.52. The van der Waals surface area contributed by atoms with Crippen LogP contribution >= 0.6 is 0 Å². The van der Waals surface area contributed by atoms with E-state index in [-0.39, 0.29) is 11.7 Å². The van der Waals surface area contributed by atoms with Crippen molar-refractivity contribution in [2.24, 2.45) is 4.99 Å². The molecule has 0 fully saturated rings. The summed E-state index contributed by atoms with van der Waals surface area (Å²) in [4.78, 5) is 28.3. The molecule has 0 saturated carbocycles. The average molecular weight is 358 g/mol. The second-order valence-corrected chi connectivity index (χ2v) is 6.39. The lowest BCUT2D eigenvalue weighted by molar-refractivity contribution is -0.505. The van der Waals surface area contributed by atoms with Gasteiger partial charge in [0.15, 0.2) is 0 Å². The topological polar surface area (TPSA) is 121 Å². The predicted molar refractivity (Wildman–Crippen MR) is 92.4 cm³/mol. The van der Waals surface area contributed by atoms with E-state index in [4.69, 9.17) is 9.37 Å². The number of rotatable bonds is 4. The molecule has 1 aliphatic heterocycles. The van der Waals surface area contributed by atoms with Gasteiger partial charge >= 0.3 is 5.97 Å². The second kappa shape index (κ2) is 6.66. The number of carbonyl (C=O) groups excluding carboxylic acids is 1. The van der Waals surface area contributed by atoms with Gasteiger partial charge in [-0.15, -0.1) is 0 Å². The lowest BCUT2D eigenvalue weighted by atomic mass is 9.79. The molecule has 3 rings (SSSR count). The Morgan fingerprint density at radius 1 is 1.31 bits per heavy atom. The molecule has 1 aromatic carbocycles. The molecule has 0 aliphatic carbocycles. The third-order valence-electron chi connectivity index (χ3n) is 4.23.